The van der Waals surface area contributed by atoms with Crippen molar-refractivity contribution in [2.45, 2.75) is 6.42 Å². The SMILES string of the molecule is NCCc1cc(F)ccc1OC/C=C/Cl. The molecule has 15 heavy (non-hydrogen) atoms. The molecule has 0 amide bonds. The number of hydrogen-bond donors (Lipinski definition) is 1. The van der Waals surface area contributed by atoms with E-state index in [0.29, 0.717) is 25.3 Å². The summed E-state index contributed by atoms with van der Waals surface area (Å²) in [5.41, 5.74) is 7.58. The molecular weight excluding hydrogens is 217 g/mol. The average Bonchev–Trinajstić information content (AvgIpc) is 2.22. The van der Waals surface area contributed by atoms with Crippen LogP contribution >= 0.6 is 11.6 Å². The first-order valence-corrected chi connectivity index (χ1v) is 5.08. The number of ether oxygens (including phenoxy) is 1. The first kappa shape index (κ1) is 12.0. The van der Waals surface area contributed by atoms with Crippen LogP contribution in [0.1, 0.15) is 5.56 Å². The van der Waals surface area contributed by atoms with E-state index in [1.54, 1.807) is 12.1 Å². The lowest BCUT2D eigenvalue weighted by atomic mass is 10.1. The number of nitrogens with two attached hydrogens (primary N) is 1. The van der Waals surface area contributed by atoms with Gasteiger partial charge in [0, 0.05) is 5.54 Å². The molecule has 82 valence electrons. The molecule has 0 heterocycles. The molecule has 1 aromatic carbocycles. The van der Waals surface area contributed by atoms with Gasteiger partial charge in [0.1, 0.15) is 18.2 Å². The zero-order chi connectivity index (χ0) is 11.1. The Morgan fingerprint density at radius 2 is 2.27 bits per heavy atom. The number of halogens is 2. The number of benzene rings is 1. The summed E-state index contributed by atoms with van der Waals surface area (Å²) in [6.45, 7) is 0.831. The summed E-state index contributed by atoms with van der Waals surface area (Å²) in [7, 11) is 0. The molecule has 0 saturated heterocycles. The Morgan fingerprint density at radius 1 is 1.47 bits per heavy atom. The molecule has 0 atom stereocenters. The molecule has 2 N–H and O–H groups in total. The van der Waals surface area contributed by atoms with Crippen LogP contribution in [0.25, 0.3) is 0 Å². The van der Waals surface area contributed by atoms with Crippen molar-refractivity contribution >= 4 is 11.6 Å². The van der Waals surface area contributed by atoms with Gasteiger partial charge in [-0.15, -0.1) is 0 Å². The van der Waals surface area contributed by atoms with E-state index in [2.05, 4.69) is 0 Å². The van der Waals surface area contributed by atoms with Crippen LogP contribution in [0.15, 0.2) is 29.8 Å². The fourth-order valence-electron chi connectivity index (χ4n) is 1.21. The van der Waals surface area contributed by atoms with Gasteiger partial charge in [0.25, 0.3) is 0 Å². The second-order valence-electron chi connectivity index (χ2n) is 2.96. The van der Waals surface area contributed by atoms with Crippen molar-refractivity contribution in [2.75, 3.05) is 13.2 Å². The van der Waals surface area contributed by atoms with Crippen molar-refractivity contribution in [1.29, 1.82) is 0 Å². The zero-order valence-corrected chi connectivity index (χ0v) is 9.01. The maximum atomic E-state index is 12.9. The van der Waals surface area contributed by atoms with Crippen LogP contribution in [0.3, 0.4) is 0 Å². The van der Waals surface area contributed by atoms with E-state index in [1.807, 2.05) is 0 Å². The van der Waals surface area contributed by atoms with Crippen molar-refractivity contribution in [3.8, 4) is 5.75 Å². The predicted octanol–water partition coefficient (Wildman–Crippen LogP) is 2.46. The molecule has 1 rings (SSSR count). The van der Waals surface area contributed by atoms with Gasteiger partial charge in [-0.1, -0.05) is 11.6 Å². The molecule has 0 saturated carbocycles. The minimum Gasteiger partial charge on any atom is -0.489 e. The van der Waals surface area contributed by atoms with Crippen LogP contribution in [-0.4, -0.2) is 13.2 Å². The van der Waals surface area contributed by atoms with Gasteiger partial charge in [-0.05, 0) is 42.8 Å². The van der Waals surface area contributed by atoms with Crippen LogP contribution < -0.4 is 10.5 Å². The molecule has 1 aromatic rings. The van der Waals surface area contributed by atoms with Crippen LogP contribution in [0.4, 0.5) is 4.39 Å². The van der Waals surface area contributed by atoms with E-state index in [0.717, 1.165) is 5.56 Å². The maximum absolute atomic E-state index is 12.9. The van der Waals surface area contributed by atoms with E-state index in [9.17, 15) is 4.39 Å². The standard InChI is InChI=1S/C11H13ClFNO/c12-5-1-7-15-11-3-2-10(13)8-9(11)4-6-14/h1-3,5,8H,4,6-7,14H2/b5-1+. The summed E-state index contributed by atoms with van der Waals surface area (Å²) in [4.78, 5) is 0. The van der Waals surface area contributed by atoms with Gasteiger partial charge in [0.15, 0.2) is 0 Å². The maximum Gasteiger partial charge on any atom is 0.123 e. The zero-order valence-electron chi connectivity index (χ0n) is 8.25. The Balaban J connectivity index is 2.75. The average molecular weight is 230 g/mol. The lowest BCUT2D eigenvalue weighted by Gasteiger charge is -2.09. The minimum atomic E-state index is -0.279. The van der Waals surface area contributed by atoms with Crippen molar-refractivity contribution in [1.82, 2.24) is 0 Å². The normalized spacial score (nSPS) is 10.9. The first-order valence-electron chi connectivity index (χ1n) is 4.64. The second kappa shape index (κ2) is 6.43. The van der Waals surface area contributed by atoms with Gasteiger partial charge in [0.05, 0.1) is 0 Å². The van der Waals surface area contributed by atoms with E-state index < -0.39 is 0 Å². The van der Waals surface area contributed by atoms with Crippen molar-refractivity contribution in [2.24, 2.45) is 5.73 Å². The molecule has 0 bridgehead atoms. The second-order valence-corrected chi connectivity index (χ2v) is 3.22. The van der Waals surface area contributed by atoms with Gasteiger partial charge in [-0.25, -0.2) is 4.39 Å². The molecular formula is C11H13ClFNO. The Morgan fingerprint density at radius 3 is 2.93 bits per heavy atom. The fourth-order valence-corrected chi connectivity index (χ4v) is 1.29. The first-order chi connectivity index (χ1) is 7.27. The van der Waals surface area contributed by atoms with Crippen molar-refractivity contribution in [3.63, 3.8) is 0 Å². The Kier molecular flexibility index (Phi) is 5.15. The third-order valence-corrected chi connectivity index (χ3v) is 2.04. The molecule has 0 unspecified atom stereocenters. The van der Waals surface area contributed by atoms with E-state index >= 15 is 0 Å². The summed E-state index contributed by atoms with van der Waals surface area (Å²) >= 11 is 5.35. The third-order valence-electron chi connectivity index (χ3n) is 1.86. The highest BCUT2D eigenvalue weighted by atomic mass is 35.5. The summed E-state index contributed by atoms with van der Waals surface area (Å²) in [5, 5.41) is 0. The van der Waals surface area contributed by atoms with Gasteiger partial charge >= 0.3 is 0 Å². The molecule has 0 aliphatic carbocycles. The van der Waals surface area contributed by atoms with Gasteiger partial charge in [-0.3, -0.25) is 0 Å². The van der Waals surface area contributed by atoms with E-state index in [1.165, 1.54) is 17.7 Å². The topological polar surface area (TPSA) is 35.2 Å². The fraction of sp³-hybridized carbons (Fsp3) is 0.273. The number of rotatable bonds is 5. The molecule has 2 nitrogen and oxygen atoms in total. The van der Waals surface area contributed by atoms with Crippen LogP contribution in [0, 0.1) is 5.82 Å². The molecule has 0 radical (unpaired) electrons. The lowest BCUT2D eigenvalue weighted by molar-refractivity contribution is 0.358. The van der Waals surface area contributed by atoms with Crippen LogP contribution in [0.2, 0.25) is 0 Å². The van der Waals surface area contributed by atoms with Crippen LogP contribution in [-0.2, 0) is 6.42 Å². The molecule has 0 aliphatic heterocycles. The lowest BCUT2D eigenvalue weighted by Crippen LogP contribution is -2.05. The van der Waals surface area contributed by atoms with E-state index in [-0.39, 0.29) is 5.82 Å². The smallest absolute Gasteiger partial charge is 0.123 e. The summed E-state index contributed by atoms with van der Waals surface area (Å²) in [6, 6.07) is 4.40. The minimum absolute atomic E-state index is 0.279. The largest absolute Gasteiger partial charge is 0.489 e. The van der Waals surface area contributed by atoms with Crippen LogP contribution in [0.5, 0.6) is 5.75 Å². The number of hydrogen-bond acceptors (Lipinski definition) is 2. The molecule has 4 heteroatoms. The molecule has 0 fully saturated rings. The highest BCUT2D eigenvalue weighted by Crippen LogP contribution is 2.20. The molecule has 0 aliphatic rings. The molecule has 0 aromatic heterocycles. The Bertz CT molecular complexity index is 341. The van der Waals surface area contributed by atoms with Gasteiger partial charge in [-0.2, -0.15) is 0 Å². The summed E-state index contributed by atoms with van der Waals surface area (Å²) in [6.07, 6.45) is 2.26. The summed E-state index contributed by atoms with van der Waals surface area (Å²) < 4.78 is 18.3. The summed E-state index contributed by atoms with van der Waals surface area (Å²) in [5.74, 6) is 0.371. The monoisotopic (exact) mass is 229 g/mol. The van der Waals surface area contributed by atoms with Gasteiger partial charge < -0.3 is 10.5 Å². The van der Waals surface area contributed by atoms with Crippen molar-refractivity contribution in [3.05, 3.63) is 41.2 Å². The van der Waals surface area contributed by atoms with Gasteiger partial charge in [0.2, 0.25) is 0 Å². The van der Waals surface area contributed by atoms with Crippen molar-refractivity contribution < 1.29 is 9.13 Å². The Labute approximate surface area is 93.5 Å². The third kappa shape index (κ3) is 3.90. The quantitative estimate of drug-likeness (QED) is 0.842. The predicted molar refractivity (Wildman–Crippen MR) is 59.6 cm³/mol. The van der Waals surface area contributed by atoms with E-state index in [4.69, 9.17) is 22.1 Å². The Hall–Kier alpha value is -1.06. The highest BCUT2D eigenvalue weighted by molar-refractivity contribution is 6.25. The highest BCUT2D eigenvalue weighted by Gasteiger charge is 2.03. The molecule has 0 spiro atoms.